The summed E-state index contributed by atoms with van der Waals surface area (Å²) < 4.78 is 0. The SMILES string of the molecule is C=Cc1ccccc1C=C.CC(C)[C@H](N)C(=O)O. The summed E-state index contributed by atoms with van der Waals surface area (Å²) in [5, 5.41) is 8.23. The molecule has 0 fully saturated rings. The Morgan fingerprint density at radius 1 is 1.22 bits per heavy atom. The Morgan fingerprint density at radius 3 is 1.78 bits per heavy atom. The van der Waals surface area contributed by atoms with E-state index in [0.717, 1.165) is 11.1 Å². The van der Waals surface area contributed by atoms with Crippen molar-refractivity contribution in [3.8, 4) is 0 Å². The van der Waals surface area contributed by atoms with Crippen LogP contribution in [0.4, 0.5) is 0 Å². The van der Waals surface area contributed by atoms with Gasteiger partial charge in [-0.25, -0.2) is 0 Å². The lowest BCUT2D eigenvalue weighted by molar-refractivity contribution is -0.139. The molecule has 0 aliphatic carbocycles. The van der Waals surface area contributed by atoms with Crippen molar-refractivity contribution in [3.05, 3.63) is 48.6 Å². The summed E-state index contributed by atoms with van der Waals surface area (Å²) in [6, 6.07) is 7.30. The van der Waals surface area contributed by atoms with Gasteiger partial charge in [0.05, 0.1) is 0 Å². The molecule has 0 unspecified atom stereocenters. The molecule has 3 N–H and O–H groups in total. The van der Waals surface area contributed by atoms with Crippen molar-refractivity contribution in [3.63, 3.8) is 0 Å². The molecule has 0 aromatic heterocycles. The summed E-state index contributed by atoms with van der Waals surface area (Å²) in [6.45, 7) is 10.9. The van der Waals surface area contributed by atoms with Crippen LogP contribution in [0, 0.1) is 5.92 Å². The minimum atomic E-state index is -0.931. The fraction of sp³-hybridized carbons (Fsp3) is 0.267. The van der Waals surface area contributed by atoms with Crippen LogP contribution in [0.5, 0.6) is 0 Å². The van der Waals surface area contributed by atoms with Crippen molar-refractivity contribution in [2.75, 3.05) is 0 Å². The molecule has 1 aromatic rings. The van der Waals surface area contributed by atoms with Gasteiger partial charge in [-0.05, 0) is 17.0 Å². The molecule has 0 bridgehead atoms. The largest absolute Gasteiger partial charge is 0.480 e. The highest BCUT2D eigenvalue weighted by atomic mass is 16.4. The van der Waals surface area contributed by atoms with E-state index < -0.39 is 12.0 Å². The first-order chi connectivity index (χ1) is 8.43. The van der Waals surface area contributed by atoms with Gasteiger partial charge in [0, 0.05) is 0 Å². The number of rotatable bonds is 4. The predicted molar refractivity (Wildman–Crippen MR) is 77.1 cm³/mol. The monoisotopic (exact) mass is 247 g/mol. The number of nitrogens with two attached hydrogens (primary N) is 1. The summed E-state index contributed by atoms with van der Waals surface area (Å²) in [4.78, 5) is 10.0. The van der Waals surface area contributed by atoms with Gasteiger partial charge in [-0.2, -0.15) is 0 Å². The van der Waals surface area contributed by atoms with Crippen molar-refractivity contribution < 1.29 is 9.90 Å². The van der Waals surface area contributed by atoms with Crippen LogP contribution in [0.3, 0.4) is 0 Å². The third-order valence-corrected chi connectivity index (χ3v) is 2.44. The lowest BCUT2D eigenvalue weighted by atomic mass is 10.1. The molecule has 18 heavy (non-hydrogen) atoms. The second-order valence-corrected chi connectivity index (χ2v) is 4.15. The molecule has 98 valence electrons. The summed E-state index contributed by atoms with van der Waals surface area (Å²) in [5.74, 6) is -0.910. The molecule has 3 nitrogen and oxygen atoms in total. The minimum absolute atomic E-state index is 0.0208. The van der Waals surface area contributed by atoms with Crippen LogP contribution in [0.1, 0.15) is 25.0 Å². The zero-order chi connectivity index (χ0) is 14.1. The first kappa shape index (κ1) is 16.1. The van der Waals surface area contributed by atoms with Crippen molar-refractivity contribution >= 4 is 18.1 Å². The second kappa shape index (κ2) is 8.25. The molecule has 1 rings (SSSR count). The Morgan fingerprint density at radius 2 is 1.61 bits per heavy atom. The van der Waals surface area contributed by atoms with E-state index in [0.29, 0.717) is 0 Å². The number of hydrogen-bond acceptors (Lipinski definition) is 2. The fourth-order valence-corrected chi connectivity index (χ4v) is 1.17. The quantitative estimate of drug-likeness (QED) is 0.859. The topological polar surface area (TPSA) is 63.3 Å². The molecular formula is C15H21NO2. The van der Waals surface area contributed by atoms with Crippen molar-refractivity contribution in [1.29, 1.82) is 0 Å². The molecule has 0 saturated heterocycles. The van der Waals surface area contributed by atoms with E-state index in [1.165, 1.54) is 0 Å². The first-order valence-electron chi connectivity index (χ1n) is 5.76. The first-order valence-corrected chi connectivity index (χ1v) is 5.76. The van der Waals surface area contributed by atoms with Crippen molar-refractivity contribution in [2.45, 2.75) is 19.9 Å². The molecule has 0 spiro atoms. The molecule has 0 amide bonds. The maximum Gasteiger partial charge on any atom is 0.320 e. The lowest BCUT2D eigenvalue weighted by Crippen LogP contribution is -2.34. The van der Waals surface area contributed by atoms with Gasteiger partial charge in [0.1, 0.15) is 6.04 Å². The number of carbonyl (C=O) groups is 1. The van der Waals surface area contributed by atoms with Crippen LogP contribution >= 0.6 is 0 Å². The Labute approximate surface area is 109 Å². The standard InChI is InChI=1S/C10H10.C5H11NO2/c1-3-9-7-5-6-8-10(9)4-2;1-3(2)4(6)5(7)8/h3-8H,1-2H2;3-4H,6H2,1-2H3,(H,7,8)/t;4-/m.0/s1. The number of hydrogen-bond donors (Lipinski definition) is 2. The Bertz CT molecular complexity index is 384. The maximum atomic E-state index is 10.0. The maximum absolute atomic E-state index is 10.0. The molecular weight excluding hydrogens is 226 g/mol. The van der Waals surface area contributed by atoms with Crippen molar-refractivity contribution in [2.24, 2.45) is 11.7 Å². The molecule has 1 atom stereocenters. The molecule has 3 heteroatoms. The molecule has 0 aliphatic heterocycles. The normalized spacial score (nSPS) is 11.1. The number of carboxylic acids is 1. The van der Waals surface area contributed by atoms with E-state index in [4.69, 9.17) is 10.8 Å². The van der Waals surface area contributed by atoms with E-state index in [1.54, 1.807) is 13.8 Å². The predicted octanol–water partition coefficient (Wildman–Crippen LogP) is 3.03. The van der Waals surface area contributed by atoms with Gasteiger partial charge in [0.25, 0.3) is 0 Å². The second-order valence-electron chi connectivity index (χ2n) is 4.15. The fourth-order valence-electron chi connectivity index (χ4n) is 1.17. The lowest BCUT2D eigenvalue weighted by Gasteiger charge is -2.07. The summed E-state index contributed by atoms with van der Waals surface area (Å²) in [5.41, 5.74) is 7.43. The van der Waals surface area contributed by atoms with E-state index in [2.05, 4.69) is 13.2 Å². The van der Waals surface area contributed by atoms with Gasteiger partial charge in [-0.3, -0.25) is 4.79 Å². The zero-order valence-electron chi connectivity index (χ0n) is 11.0. The summed E-state index contributed by atoms with van der Waals surface area (Å²) in [7, 11) is 0. The van der Waals surface area contributed by atoms with Gasteiger partial charge >= 0.3 is 5.97 Å². The van der Waals surface area contributed by atoms with Gasteiger partial charge in [0.15, 0.2) is 0 Å². The van der Waals surface area contributed by atoms with Crippen molar-refractivity contribution in [1.82, 2.24) is 0 Å². The van der Waals surface area contributed by atoms with Gasteiger partial charge in [-0.1, -0.05) is 63.4 Å². The average molecular weight is 247 g/mol. The van der Waals surface area contributed by atoms with Gasteiger partial charge < -0.3 is 10.8 Å². The van der Waals surface area contributed by atoms with Crippen LogP contribution in [0.2, 0.25) is 0 Å². The zero-order valence-corrected chi connectivity index (χ0v) is 11.0. The van der Waals surface area contributed by atoms with Gasteiger partial charge in [-0.15, -0.1) is 0 Å². The number of aliphatic carboxylic acids is 1. The number of carboxylic acid groups (broad SMARTS) is 1. The van der Waals surface area contributed by atoms with E-state index in [1.807, 2.05) is 36.4 Å². The molecule has 0 aliphatic rings. The van der Waals surface area contributed by atoms with Crippen LogP contribution in [-0.2, 0) is 4.79 Å². The van der Waals surface area contributed by atoms with Crippen LogP contribution in [0.15, 0.2) is 37.4 Å². The van der Waals surface area contributed by atoms with Crippen LogP contribution in [0.25, 0.3) is 12.2 Å². The minimum Gasteiger partial charge on any atom is -0.480 e. The molecule has 0 heterocycles. The third kappa shape index (κ3) is 5.46. The Balaban J connectivity index is 0.000000331. The van der Waals surface area contributed by atoms with E-state index in [9.17, 15) is 4.79 Å². The molecule has 0 radical (unpaired) electrons. The van der Waals surface area contributed by atoms with Gasteiger partial charge in [0.2, 0.25) is 0 Å². The number of benzene rings is 1. The highest BCUT2D eigenvalue weighted by molar-refractivity contribution is 5.73. The van der Waals surface area contributed by atoms with Crippen LogP contribution in [-0.4, -0.2) is 17.1 Å². The Kier molecular flexibility index (Phi) is 7.40. The smallest absolute Gasteiger partial charge is 0.320 e. The highest BCUT2D eigenvalue weighted by Crippen LogP contribution is 2.10. The average Bonchev–Trinajstić information content (AvgIpc) is 2.38. The third-order valence-electron chi connectivity index (χ3n) is 2.44. The van der Waals surface area contributed by atoms with E-state index >= 15 is 0 Å². The highest BCUT2D eigenvalue weighted by Gasteiger charge is 2.14. The summed E-state index contributed by atoms with van der Waals surface area (Å²) >= 11 is 0. The van der Waals surface area contributed by atoms with Crippen LogP contribution < -0.4 is 5.73 Å². The molecule has 0 saturated carbocycles. The molecule has 1 aromatic carbocycles. The summed E-state index contributed by atoms with van der Waals surface area (Å²) in [6.07, 6.45) is 3.66. The Hall–Kier alpha value is -1.87. The van der Waals surface area contributed by atoms with E-state index in [-0.39, 0.29) is 5.92 Å².